The molecule has 1 aliphatic rings. The van der Waals surface area contributed by atoms with Crippen LogP contribution in [0.15, 0.2) is 267 Å². The molecule has 2 nitrogen and oxygen atoms in total. The molecule has 0 heterocycles. The normalized spacial score (nSPS) is 14.0. The highest BCUT2D eigenvalue weighted by Gasteiger charge is 2.46. The van der Waals surface area contributed by atoms with Crippen molar-refractivity contribution in [1.82, 2.24) is 0 Å². The Morgan fingerprint density at radius 3 is 1.14 bits per heavy atom. The van der Waals surface area contributed by atoms with E-state index >= 15 is 0 Å². The molecule has 10 aromatic rings. The molecule has 0 spiro atoms. The van der Waals surface area contributed by atoms with E-state index in [1.165, 1.54) is 11.1 Å². The average molecular weight is 813 g/mol. The first-order chi connectivity index (χ1) is 34.6. The molecule has 0 radical (unpaired) electrons. The minimum Gasteiger partial charge on any atom is -0.311 e. The lowest BCUT2D eigenvalue weighted by molar-refractivity contribution is 0.768. The first-order valence-electron chi connectivity index (χ1n) is 25.0. The topological polar surface area (TPSA) is 6.48 Å². The van der Waals surface area contributed by atoms with Gasteiger partial charge in [-0.25, -0.2) is 0 Å². The van der Waals surface area contributed by atoms with E-state index in [1.807, 2.05) is 103 Å². The summed E-state index contributed by atoms with van der Waals surface area (Å²) < 4.78 is 74.3. The number of benzene rings is 10. The first kappa shape index (κ1) is 29.9. The standard InChI is InChI=1S/C61H44N2/c1-6-18-49(19-7-1)61(50-20-8-2-9-21-50)59-29-17-16-28-57(59)58-43-42-56(44-60(58)61)63(53-26-14-5-15-27-53)55-40-36-48(37-41-55)46-32-30-45(31-33-46)47-34-38-54(39-35-47)62(51-22-10-3-11-23-51)52-24-12-4-13-25-52/h1-44H/i30D,31D,32D,33D,34D,35D,38D,39D. The van der Waals surface area contributed by atoms with Crippen LogP contribution in [0.3, 0.4) is 0 Å². The van der Waals surface area contributed by atoms with Crippen molar-refractivity contribution in [2.24, 2.45) is 0 Å². The minimum absolute atomic E-state index is 0.00522. The average Bonchev–Trinajstić information content (AvgIpc) is 3.72. The molecule has 0 fully saturated rings. The predicted molar refractivity (Wildman–Crippen MR) is 264 cm³/mol. The van der Waals surface area contributed by atoms with Crippen LogP contribution in [0.4, 0.5) is 34.1 Å². The molecule has 0 unspecified atom stereocenters. The van der Waals surface area contributed by atoms with Gasteiger partial charge < -0.3 is 9.80 Å². The number of rotatable bonds is 10. The Bertz CT molecular complexity index is 3480. The van der Waals surface area contributed by atoms with E-state index in [1.54, 1.807) is 17.0 Å². The van der Waals surface area contributed by atoms with Crippen molar-refractivity contribution in [3.05, 3.63) is 289 Å². The van der Waals surface area contributed by atoms with Gasteiger partial charge in [0, 0.05) is 34.1 Å². The quantitative estimate of drug-likeness (QED) is 0.136. The molecule has 2 heteroatoms. The molecule has 63 heavy (non-hydrogen) atoms. The summed E-state index contributed by atoms with van der Waals surface area (Å²) in [4.78, 5) is 3.83. The molecular formula is C61H44N2. The smallest absolute Gasteiger partial charge is 0.0714 e. The molecule has 0 saturated heterocycles. The summed E-state index contributed by atoms with van der Waals surface area (Å²) in [5, 5.41) is 0. The van der Waals surface area contributed by atoms with Crippen LogP contribution in [0.5, 0.6) is 0 Å². The van der Waals surface area contributed by atoms with Crippen LogP contribution in [0, 0.1) is 0 Å². The van der Waals surface area contributed by atoms with E-state index in [-0.39, 0.29) is 46.5 Å². The number of anilines is 6. The third kappa shape index (κ3) is 6.79. The molecule has 10 aromatic carbocycles. The van der Waals surface area contributed by atoms with Gasteiger partial charge >= 0.3 is 0 Å². The second-order valence-electron chi connectivity index (χ2n) is 15.5. The lowest BCUT2D eigenvalue weighted by Crippen LogP contribution is -2.28. The van der Waals surface area contributed by atoms with Crippen molar-refractivity contribution in [2.45, 2.75) is 5.41 Å². The van der Waals surface area contributed by atoms with Gasteiger partial charge in [-0.1, -0.05) is 194 Å². The zero-order valence-electron chi connectivity index (χ0n) is 42.2. The maximum absolute atomic E-state index is 9.33. The van der Waals surface area contributed by atoms with Crippen LogP contribution in [-0.4, -0.2) is 0 Å². The van der Waals surface area contributed by atoms with Crippen LogP contribution >= 0.6 is 0 Å². The van der Waals surface area contributed by atoms with Crippen LogP contribution in [0.1, 0.15) is 33.2 Å². The lowest BCUT2D eigenvalue weighted by atomic mass is 9.67. The van der Waals surface area contributed by atoms with Crippen molar-refractivity contribution in [2.75, 3.05) is 9.80 Å². The summed E-state index contributed by atoms with van der Waals surface area (Å²) in [5.74, 6) is 0. The highest BCUT2D eigenvalue weighted by molar-refractivity contribution is 5.90. The molecule has 11 rings (SSSR count). The van der Waals surface area contributed by atoms with Gasteiger partial charge in [0.05, 0.1) is 16.4 Å². The minimum atomic E-state index is -0.613. The maximum Gasteiger partial charge on any atom is 0.0714 e. The molecule has 0 saturated carbocycles. The molecule has 0 N–H and O–H groups in total. The second-order valence-corrected chi connectivity index (χ2v) is 15.5. The maximum atomic E-state index is 9.33. The van der Waals surface area contributed by atoms with Gasteiger partial charge in [-0.3, -0.25) is 0 Å². The summed E-state index contributed by atoms with van der Waals surface area (Å²) in [5.41, 5.74) is 10.1. The van der Waals surface area contributed by atoms with Crippen molar-refractivity contribution < 1.29 is 11.0 Å². The van der Waals surface area contributed by atoms with E-state index in [2.05, 4.69) is 108 Å². The summed E-state index contributed by atoms with van der Waals surface area (Å²) in [6.45, 7) is 0. The Hall–Kier alpha value is -8.20. The Morgan fingerprint density at radius 2 is 0.635 bits per heavy atom. The van der Waals surface area contributed by atoms with Crippen LogP contribution in [0.2, 0.25) is 0 Å². The fourth-order valence-corrected chi connectivity index (χ4v) is 9.06. The summed E-state index contributed by atoms with van der Waals surface area (Å²) in [7, 11) is 0. The van der Waals surface area contributed by atoms with E-state index < -0.39 is 29.6 Å². The third-order valence-corrected chi connectivity index (χ3v) is 11.9. The van der Waals surface area contributed by atoms with Gasteiger partial charge in [0.15, 0.2) is 0 Å². The van der Waals surface area contributed by atoms with Gasteiger partial charge in [-0.05, 0) is 128 Å². The molecule has 0 aromatic heterocycles. The highest BCUT2D eigenvalue weighted by atomic mass is 15.1. The van der Waals surface area contributed by atoms with Crippen molar-refractivity contribution in [1.29, 1.82) is 0 Å². The van der Waals surface area contributed by atoms with Gasteiger partial charge in [0.25, 0.3) is 0 Å². The first-order valence-corrected chi connectivity index (χ1v) is 21.0. The lowest BCUT2D eigenvalue weighted by Gasteiger charge is -2.35. The molecule has 298 valence electrons. The van der Waals surface area contributed by atoms with Crippen molar-refractivity contribution in [3.63, 3.8) is 0 Å². The van der Waals surface area contributed by atoms with E-state index in [0.29, 0.717) is 16.9 Å². The van der Waals surface area contributed by atoms with E-state index in [0.717, 1.165) is 39.3 Å². The number of hydrogen-bond donors (Lipinski definition) is 0. The van der Waals surface area contributed by atoms with Gasteiger partial charge in [0.2, 0.25) is 0 Å². The Kier molecular flexibility index (Phi) is 7.76. The fourth-order valence-electron chi connectivity index (χ4n) is 9.06. The monoisotopic (exact) mass is 812 g/mol. The Labute approximate surface area is 381 Å². The summed E-state index contributed by atoms with van der Waals surface area (Å²) >= 11 is 0. The number of fused-ring (bicyclic) bond motifs is 3. The SMILES string of the molecule is [2H]c1c([2H])c(-c2c([2H])c([2H])c(N(c3ccccc3)c3ccccc3)c([2H])c2[2H])c([2H])c([2H])c1-c1ccc(N(c2ccccc2)c2ccc3c(c2)C(c2ccccc2)(c2ccccc2)c2ccccc2-3)cc1. The van der Waals surface area contributed by atoms with Crippen molar-refractivity contribution >= 4 is 34.1 Å². The zero-order valence-corrected chi connectivity index (χ0v) is 34.2. The molecule has 1 aliphatic carbocycles. The number of nitrogens with zero attached hydrogens (tertiary/aromatic N) is 2. The molecule has 0 amide bonds. The van der Waals surface area contributed by atoms with Gasteiger partial charge in [-0.15, -0.1) is 0 Å². The van der Waals surface area contributed by atoms with E-state index in [9.17, 15) is 11.0 Å². The number of hydrogen-bond acceptors (Lipinski definition) is 2. The van der Waals surface area contributed by atoms with Gasteiger partial charge in [0.1, 0.15) is 0 Å². The zero-order chi connectivity index (χ0) is 49.0. The van der Waals surface area contributed by atoms with Crippen LogP contribution in [0.25, 0.3) is 33.4 Å². The van der Waals surface area contributed by atoms with Crippen molar-refractivity contribution in [3.8, 4) is 33.4 Å². The highest BCUT2D eigenvalue weighted by Crippen LogP contribution is 2.57. The Balaban J connectivity index is 1.02. The predicted octanol–water partition coefficient (Wildman–Crippen LogP) is 16.3. The second kappa shape index (κ2) is 16.3. The largest absolute Gasteiger partial charge is 0.311 e. The summed E-state index contributed by atoms with van der Waals surface area (Å²) in [6, 6.07) is 69.0. The number of para-hydroxylation sites is 3. The fraction of sp³-hybridized carbons (Fsp3) is 0.0164. The molecule has 0 aliphatic heterocycles. The molecule has 0 bridgehead atoms. The molecule has 0 atom stereocenters. The van der Waals surface area contributed by atoms with Crippen LogP contribution in [-0.2, 0) is 5.41 Å². The van der Waals surface area contributed by atoms with Crippen LogP contribution < -0.4 is 9.80 Å². The summed E-state index contributed by atoms with van der Waals surface area (Å²) in [6.07, 6.45) is 0. The molecular weight excluding hydrogens is 761 g/mol. The van der Waals surface area contributed by atoms with Gasteiger partial charge in [-0.2, -0.15) is 0 Å². The third-order valence-electron chi connectivity index (χ3n) is 11.9. The Morgan fingerprint density at radius 1 is 0.270 bits per heavy atom. The van der Waals surface area contributed by atoms with E-state index in [4.69, 9.17) is 0 Å².